The van der Waals surface area contributed by atoms with Gasteiger partial charge in [-0.2, -0.15) is 0 Å². The molecule has 0 bridgehead atoms. The highest BCUT2D eigenvalue weighted by Crippen LogP contribution is 2.18. The molecule has 0 heterocycles. The second-order valence-electron chi connectivity index (χ2n) is 22.1. The van der Waals surface area contributed by atoms with Crippen LogP contribution in [0.25, 0.3) is 0 Å². The fourth-order valence-electron chi connectivity index (χ4n) is 9.96. The Hall–Kier alpha value is -1.92. The van der Waals surface area contributed by atoms with Crippen molar-refractivity contribution in [3.8, 4) is 0 Å². The summed E-state index contributed by atoms with van der Waals surface area (Å²) in [6.45, 7) is 4.93. The van der Waals surface area contributed by atoms with Gasteiger partial charge in [-0.15, -0.1) is 0 Å². The van der Waals surface area contributed by atoms with E-state index in [1.165, 1.54) is 263 Å². The van der Waals surface area contributed by atoms with Gasteiger partial charge >= 0.3 is 5.97 Å². The second-order valence-corrected chi connectivity index (χ2v) is 22.1. The van der Waals surface area contributed by atoms with Crippen LogP contribution in [-0.2, 0) is 14.3 Å². The Morgan fingerprint density at radius 2 is 0.694 bits per heavy atom. The van der Waals surface area contributed by atoms with Gasteiger partial charge in [-0.1, -0.05) is 288 Å². The number of hydrogen-bond acceptors (Lipinski definition) is 5. The van der Waals surface area contributed by atoms with Crippen LogP contribution in [0, 0.1) is 0 Å². The minimum Gasteiger partial charge on any atom is -0.466 e. The van der Waals surface area contributed by atoms with Gasteiger partial charge in [-0.3, -0.25) is 9.59 Å². The van der Waals surface area contributed by atoms with Crippen LogP contribution in [0.1, 0.15) is 348 Å². The molecule has 0 aliphatic heterocycles. The fourth-order valence-corrected chi connectivity index (χ4v) is 9.96. The van der Waals surface area contributed by atoms with E-state index in [2.05, 4.69) is 55.6 Å². The van der Waals surface area contributed by atoms with Crippen LogP contribution in [0.4, 0.5) is 0 Å². The molecule has 0 aliphatic rings. The van der Waals surface area contributed by atoms with Gasteiger partial charge in [-0.25, -0.2) is 0 Å². The molecule has 6 nitrogen and oxygen atoms in total. The Bertz CT molecular complexity index is 1170. The molecule has 2 unspecified atom stereocenters. The number of aliphatic hydroxyl groups is 2. The van der Waals surface area contributed by atoms with Crippen molar-refractivity contribution in [2.24, 2.45) is 0 Å². The zero-order valence-electron chi connectivity index (χ0n) is 48.4. The van der Waals surface area contributed by atoms with Gasteiger partial charge in [0.25, 0.3) is 0 Å². The van der Waals surface area contributed by atoms with Crippen LogP contribution < -0.4 is 5.32 Å². The van der Waals surface area contributed by atoms with E-state index in [0.29, 0.717) is 25.9 Å². The summed E-state index contributed by atoms with van der Waals surface area (Å²) in [7, 11) is 0. The summed E-state index contributed by atoms with van der Waals surface area (Å²) < 4.78 is 5.48. The molecular weight excluding hydrogens is 887 g/mol. The van der Waals surface area contributed by atoms with Crippen molar-refractivity contribution >= 4 is 11.9 Å². The Balaban J connectivity index is 3.44. The number of unbranched alkanes of at least 4 members (excludes halogenated alkanes) is 43. The highest BCUT2D eigenvalue weighted by atomic mass is 16.5. The van der Waals surface area contributed by atoms with E-state index in [9.17, 15) is 19.8 Å². The zero-order chi connectivity index (χ0) is 52.2. The van der Waals surface area contributed by atoms with Gasteiger partial charge < -0.3 is 20.3 Å². The average molecular weight is 1010 g/mol. The number of nitrogens with one attached hydrogen (secondary N) is 1. The number of amides is 1. The van der Waals surface area contributed by atoms with Crippen LogP contribution in [-0.4, -0.2) is 47.4 Å². The van der Waals surface area contributed by atoms with E-state index in [4.69, 9.17) is 4.74 Å². The summed E-state index contributed by atoms with van der Waals surface area (Å²) >= 11 is 0. The number of allylic oxidation sites excluding steroid dienone is 6. The number of carbonyl (C=O) groups excluding carboxylic acids is 2. The molecular formula is C66H125NO5. The quantitative estimate of drug-likeness (QED) is 0.0320. The molecule has 72 heavy (non-hydrogen) atoms. The average Bonchev–Trinajstić information content (AvgIpc) is 3.38. The third-order valence-corrected chi connectivity index (χ3v) is 14.9. The first-order valence-electron chi connectivity index (χ1n) is 32.2. The van der Waals surface area contributed by atoms with Gasteiger partial charge in [0.2, 0.25) is 5.91 Å². The fraction of sp³-hybridized carbons (Fsp3) is 0.879. The van der Waals surface area contributed by atoms with Crippen molar-refractivity contribution in [2.75, 3.05) is 13.2 Å². The van der Waals surface area contributed by atoms with E-state index in [-0.39, 0.29) is 18.5 Å². The first-order chi connectivity index (χ1) is 35.5. The maximum absolute atomic E-state index is 12.5. The van der Waals surface area contributed by atoms with Crippen LogP contribution in [0.15, 0.2) is 36.5 Å². The SMILES string of the molecule is CCCCC/C=C\C/C=C\CCCCCCCCCC(=O)OCCCCCCCCCC/C=C\CCCCCCCCCC(=O)NC(CO)C(O)CCCCCCCCCCCCCCCCCCCCC. The summed E-state index contributed by atoms with van der Waals surface area (Å²) in [5.41, 5.74) is 0. The third-order valence-electron chi connectivity index (χ3n) is 14.9. The molecule has 0 aromatic heterocycles. The summed E-state index contributed by atoms with van der Waals surface area (Å²) in [6.07, 6.45) is 77.2. The molecule has 0 saturated heterocycles. The van der Waals surface area contributed by atoms with E-state index in [0.717, 1.165) is 51.4 Å². The van der Waals surface area contributed by atoms with Crippen molar-refractivity contribution in [2.45, 2.75) is 360 Å². The number of rotatable bonds is 60. The van der Waals surface area contributed by atoms with E-state index >= 15 is 0 Å². The number of ether oxygens (including phenoxy) is 1. The number of hydrogen-bond donors (Lipinski definition) is 3. The Morgan fingerprint density at radius 3 is 1.10 bits per heavy atom. The standard InChI is InChI=1S/C66H125NO5/c1-3-5-7-9-11-13-15-17-19-21-23-27-30-34-38-42-46-50-54-58-64(69)63(62-68)67-65(70)59-55-51-47-43-39-35-31-28-24-22-25-29-33-37-41-45-49-53-57-61-72-66(71)60-56-52-48-44-40-36-32-26-20-18-16-14-12-10-8-6-4-2/h12,14,18,20,22,24,63-64,68-69H,3-11,13,15-17,19,21,23,25-62H2,1-2H3,(H,67,70)/b14-12-,20-18-,24-22-. The molecule has 0 radical (unpaired) electrons. The summed E-state index contributed by atoms with van der Waals surface area (Å²) in [5, 5.41) is 23.4. The van der Waals surface area contributed by atoms with E-state index in [1.54, 1.807) is 0 Å². The lowest BCUT2D eigenvalue weighted by atomic mass is 10.0. The Kier molecular flexibility index (Phi) is 60.0. The van der Waals surface area contributed by atoms with Crippen molar-refractivity contribution in [1.82, 2.24) is 5.32 Å². The molecule has 1 amide bonds. The lowest BCUT2D eigenvalue weighted by molar-refractivity contribution is -0.143. The van der Waals surface area contributed by atoms with Crippen molar-refractivity contribution in [1.29, 1.82) is 0 Å². The van der Waals surface area contributed by atoms with Crippen molar-refractivity contribution in [3.05, 3.63) is 36.5 Å². The van der Waals surface area contributed by atoms with Crippen LogP contribution in [0.2, 0.25) is 0 Å². The van der Waals surface area contributed by atoms with Gasteiger partial charge in [0.1, 0.15) is 0 Å². The Morgan fingerprint density at radius 1 is 0.389 bits per heavy atom. The maximum atomic E-state index is 12.5. The molecule has 3 N–H and O–H groups in total. The molecule has 2 atom stereocenters. The van der Waals surface area contributed by atoms with Crippen LogP contribution >= 0.6 is 0 Å². The van der Waals surface area contributed by atoms with E-state index in [1.807, 2.05) is 0 Å². The topological polar surface area (TPSA) is 95.9 Å². The monoisotopic (exact) mass is 1010 g/mol. The van der Waals surface area contributed by atoms with Gasteiger partial charge in [0, 0.05) is 12.8 Å². The summed E-state index contributed by atoms with van der Waals surface area (Å²) in [6, 6.07) is -0.550. The number of aliphatic hydroxyl groups excluding tert-OH is 2. The molecule has 424 valence electrons. The molecule has 0 saturated carbocycles. The molecule has 0 aromatic rings. The minimum absolute atomic E-state index is 0.00338. The van der Waals surface area contributed by atoms with Crippen molar-refractivity contribution < 1.29 is 24.5 Å². The molecule has 6 heteroatoms. The molecule has 0 spiro atoms. The molecule has 0 rings (SSSR count). The highest BCUT2D eigenvalue weighted by molar-refractivity contribution is 5.76. The molecule has 0 aromatic carbocycles. The predicted molar refractivity (Wildman–Crippen MR) is 315 cm³/mol. The lowest BCUT2D eigenvalue weighted by Crippen LogP contribution is -2.45. The van der Waals surface area contributed by atoms with Gasteiger partial charge in [-0.05, 0) is 83.5 Å². The highest BCUT2D eigenvalue weighted by Gasteiger charge is 2.20. The smallest absolute Gasteiger partial charge is 0.305 e. The second kappa shape index (κ2) is 61.6. The van der Waals surface area contributed by atoms with Gasteiger partial charge in [0.05, 0.1) is 25.4 Å². The predicted octanol–water partition coefficient (Wildman–Crippen LogP) is 20.4. The Labute approximate surface area is 449 Å². The summed E-state index contributed by atoms with van der Waals surface area (Å²) in [5.74, 6) is -0.0456. The minimum atomic E-state index is -0.672. The molecule has 0 aliphatic carbocycles. The summed E-state index contributed by atoms with van der Waals surface area (Å²) in [4.78, 5) is 24.6. The lowest BCUT2D eigenvalue weighted by Gasteiger charge is -2.22. The van der Waals surface area contributed by atoms with Gasteiger partial charge in [0.15, 0.2) is 0 Å². The van der Waals surface area contributed by atoms with Crippen LogP contribution in [0.5, 0.6) is 0 Å². The zero-order valence-corrected chi connectivity index (χ0v) is 48.4. The maximum Gasteiger partial charge on any atom is 0.305 e. The van der Waals surface area contributed by atoms with Crippen molar-refractivity contribution in [3.63, 3.8) is 0 Å². The third kappa shape index (κ3) is 57.4. The first kappa shape index (κ1) is 70.1. The van der Waals surface area contributed by atoms with E-state index < -0.39 is 12.1 Å². The number of esters is 1. The normalized spacial score (nSPS) is 12.8. The number of carbonyl (C=O) groups is 2. The molecule has 0 fully saturated rings. The van der Waals surface area contributed by atoms with Crippen LogP contribution in [0.3, 0.4) is 0 Å². The largest absolute Gasteiger partial charge is 0.466 e. The first-order valence-corrected chi connectivity index (χ1v) is 32.2.